The zero-order valence-corrected chi connectivity index (χ0v) is 15.2. The smallest absolute Gasteiger partial charge is 0.274 e. The van der Waals surface area contributed by atoms with Crippen LogP contribution in [0.1, 0.15) is 42.4 Å². The Morgan fingerprint density at radius 2 is 2.15 bits per heavy atom. The molecule has 0 bridgehead atoms. The van der Waals surface area contributed by atoms with Crippen molar-refractivity contribution in [3.63, 3.8) is 0 Å². The van der Waals surface area contributed by atoms with Gasteiger partial charge in [0.15, 0.2) is 0 Å². The third kappa shape index (κ3) is 3.23. The summed E-state index contributed by atoms with van der Waals surface area (Å²) in [5.74, 6) is 0.568. The summed E-state index contributed by atoms with van der Waals surface area (Å²) in [7, 11) is 0. The van der Waals surface area contributed by atoms with Crippen molar-refractivity contribution in [3.8, 4) is 0 Å². The number of hydrogen-bond acceptors (Lipinski definition) is 6. The fraction of sp³-hybridized carbons (Fsp3) is 0.471. The highest BCUT2D eigenvalue weighted by Crippen LogP contribution is 2.20. The van der Waals surface area contributed by atoms with Crippen LogP contribution >= 0.6 is 0 Å². The van der Waals surface area contributed by atoms with Crippen LogP contribution in [0.5, 0.6) is 0 Å². The normalized spacial score (nSPS) is 15.1. The third-order valence-electron chi connectivity index (χ3n) is 4.72. The van der Waals surface area contributed by atoms with Crippen LogP contribution in [-0.2, 0) is 24.3 Å². The largest absolute Gasteiger partial charge is 0.387 e. The lowest BCUT2D eigenvalue weighted by Crippen LogP contribution is -2.39. The van der Waals surface area contributed by atoms with Gasteiger partial charge in [-0.15, -0.1) is 0 Å². The van der Waals surface area contributed by atoms with Gasteiger partial charge in [0.2, 0.25) is 5.91 Å². The fourth-order valence-electron chi connectivity index (χ4n) is 3.24. The number of carbonyl (C=O) groups excluding carboxylic acids is 1. The van der Waals surface area contributed by atoms with Crippen molar-refractivity contribution < 1.29 is 9.90 Å². The molecule has 0 unspecified atom stereocenters. The van der Waals surface area contributed by atoms with E-state index in [0.29, 0.717) is 43.3 Å². The quantitative estimate of drug-likeness (QED) is 0.663. The molecule has 27 heavy (non-hydrogen) atoms. The standard InChI is InChI=1S/C17H21N7O3/c1-3-13(25)12-7-11-9-22(4-5-23(11)20-12)15(26)8-14-19-17-18-10(2)6-16(27)24(17)21-14/h6-7,13,25H,3-5,8-9H2,1-2H3,(H,18,19,21)/t13-/m1/s1. The lowest BCUT2D eigenvalue weighted by atomic mass is 10.2. The molecule has 2 N–H and O–H groups in total. The highest BCUT2D eigenvalue weighted by Gasteiger charge is 2.24. The minimum absolute atomic E-state index is 0.0560. The number of aryl methyl sites for hydroxylation is 1. The summed E-state index contributed by atoms with van der Waals surface area (Å²) in [5.41, 5.74) is 1.86. The fourth-order valence-corrected chi connectivity index (χ4v) is 3.24. The van der Waals surface area contributed by atoms with Crippen LogP contribution in [-0.4, -0.2) is 51.8 Å². The Labute approximate surface area is 154 Å². The number of H-pyrrole nitrogens is 1. The van der Waals surface area contributed by atoms with Crippen molar-refractivity contribution in [1.82, 2.24) is 34.3 Å². The van der Waals surface area contributed by atoms with Crippen molar-refractivity contribution in [1.29, 1.82) is 0 Å². The first kappa shape index (κ1) is 17.4. The maximum atomic E-state index is 12.7. The van der Waals surface area contributed by atoms with Gasteiger partial charge in [0, 0.05) is 18.3 Å². The highest BCUT2D eigenvalue weighted by molar-refractivity contribution is 5.78. The lowest BCUT2D eigenvalue weighted by molar-refractivity contribution is -0.132. The molecule has 3 aromatic rings. The number of rotatable bonds is 4. The number of aliphatic hydroxyl groups is 1. The molecule has 4 rings (SSSR count). The molecule has 10 heteroatoms. The van der Waals surface area contributed by atoms with Gasteiger partial charge in [-0.05, 0) is 19.4 Å². The molecule has 0 saturated carbocycles. The monoisotopic (exact) mass is 371 g/mol. The van der Waals surface area contributed by atoms with Crippen LogP contribution in [0, 0.1) is 6.92 Å². The predicted molar refractivity (Wildman–Crippen MR) is 94.9 cm³/mol. The molecule has 1 aliphatic rings. The van der Waals surface area contributed by atoms with Crippen LogP contribution in [0.25, 0.3) is 5.78 Å². The van der Waals surface area contributed by atoms with Crippen LogP contribution in [0.2, 0.25) is 0 Å². The maximum absolute atomic E-state index is 12.7. The summed E-state index contributed by atoms with van der Waals surface area (Å²) in [4.78, 5) is 34.8. The highest BCUT2D eigenvalue weighted by atomic mass is 16.3. The van der Waals surface area contributed by atoms with Crippen LogP contribution < -0.4 is 5.56 Å². The van der Waals surface area contributed by atoms with Gasteiger partial charge in [0.25, 0.3) is 11.3 Å². The van der Waals surface area contributed by atoms with Gasteiger partial charge in [0.1, 0.15) is 5.82 Å². The maximum Gasteiger partial charge on any atom is 0.274 e. The van der Waals surface area contributed by atoms with Crippen molar-refractivity contribution in [3.05, 3.63) is 45.4 Å². The number of hydrogen-bond donors (Lipinski definition) is 2. The molecule has 0 spiro atoms. The van der Waals surface area contributed by atoms with Gasteiger partial charge in [-0.1, -0.05) is 6.92 Å². The molecule has 4 heterocycles. The molecule has 0 aromatic carbocycles. The van der Waals surface area contributed by atoms with E-state index in [1.54, 1.807) is 11.8 Å². The number of aromatic nitrogens is 6. The number of nitrogens with zero attached hydrogens (tertiary/aromatic N) is 6. The first-order valence-electron chi connectivity index (χ1n) is 8.92. The average Bonchev–Trinajstić information content (AvgIpc) is 3.23. The number of carbonyl (C=O) groups is 1. The van der Waals surface area contributed by atoms with E-state index in [9.17, 15) is 14.7 Å². The Morgan fingerprint density at radius 3 is 2.93 bits per heavy atom. The molecule has 3 aromatic heterocycles. The molecule has 10 nitrogen and oxygen atoms in total. The summed E-state index contributed by atoms with van der Waals surface area (Å²) in [6.07, 6.45) is 0.0652. The van der Waals surface area contributed by atoms with E-state index in [1.165, 1.54) is 10.6 Å². The predicted octanol–water partition coefficient (Wildman–Crippen LogP) is -0.0492. The van der Waals surface area contributed by atoms with Crippen molar-refractivity contribution >= 4 is 11.7 Å². The number of aromatic amines is 1. The number of aliphatic hydroxyl groups excluding tert-OH is 1. The Kier molecular flexibility index (Phi) is 4.27. The minimum Gasteiger partial charge on any atom is -0.387 e. The summed E-state index contributed by atoms with van der Waals surface area (Å²) < 4.78 is 3.07. The molecule has 0 aliphatic carbocycles. The van der Waals surface area contributed by atoms with Gasteiger partial charge in [-0.3, -0.25) is 19.4 Å². The van der Waals surface area contributed by atoms with E-state index < -0.39 is 6.10 Å². The third-order valence-corrected chi connectivity index (χ3v) is 4.72. The van der Waals surface area contributed by atoms with Gasteiger partial charge in [-0.25, -0.2) is 4.98 Å². The Balaban J connectivity index is 1.50. The zero-order chi connectivity index (χ0) is 19.1. The summed E-state index contributed by atoms with van der Waals surface area (Å²) in [6, 6.07) is 3.26. The molecule has 0 saturated heterocycles. The average molecular weight is 371 g/mol. The van der Waals surface area contributed by atoms with Crippen molar-refractivity contribution in [2.24, 2.45) is 0 Å². The van der Waals surface area contributed by atoms with E-state index >= 15 is 0 Å². The molecule has 1 amide bonds. The Hall–Kier alpha value is -3.01. The molecular weight excluding hydrogens is 350 g/mol. The topological polar surface area (TPSA) is 121 Å². The van der Waals surface area contributed by atoms with E-state index in [4.69, 9.17) is 0 Å². The van der Waals surface area contributed by atoms with Gasteiger partial charge < -0.3 is 10.0 Å². The van der Waals surface area contributed by atoms with E-state index in [-0.39, 0.29) is 23.7 Å². The van der Waals surface area contributed by atoms with Crippen LogP contribution in [0.4, 0.5) is 0 Å². The second-order valence-corrected chi connectivity index (χ2v) is 6.74. The van der Waals surface area contributed by atoms with Crippen molar-refractivity contribution in [2.75, 3.05) is 6.54 Å². The van der Waals surface area contributed by atoms with Gasteiger partial charge in [0.05, 0.1) is 37.0 Å². The van der Waals surface area contributed by atoms with Crippen LogP contribution in [0.3, 0.4) is 0 Å². The lowest BCUT2D eigenvalue weighted by Gasteiger charge is -2.27. The first-order valence-corrected chi connectivity index (χ1v) is 8.92. The number of amides is 1. The SMILES string of the molecule is CC[C@@H](O)c1cc2n(n1)CCN(C(=O)Cc1nc3nc(C)cc(=O)n3[nH]1)C2. The van der Waals surface area contributed by atoms with Gasteiger partial charge in [-0.2, -0.15) is 14.6 Å². The molecule has 0 radical (unpaired) electrons. The minimum atomic E-state index is -0.586. The van der Waals surface area contributed by atoms with Crippen molar-refractivity contribution in [2.45, 2.75) is 45.9 Å². The van der Waals surface area contributed by atoms with E-state index in [2.05, 4.69) is 20.2 Å². The molecular formula is C17H21N7O3. The summed E-state index contributed by atoms with van der Waals surface area (Å²) >= 11 is 0. The zero-order valence-electron chi connectivity index (χ0n) is 15.2. The molecule has 142 valence electrons. The number of fused-ring (bicyclic) bond motifs is 2. The molecule has 1 aliphatic heterocycles. The first-order chi connectivity index (χ1) is 12.9. The van der Waals surface area contributed by atoms with E-state index in [1.807, 2.05) is 17.7 Å². The second kappa shape index (κ2) is 6.62. The summed E-state index contributed by atoms with van der Waals surface area (Å²) in [6.45, 7) is 5.17. The van der Waals surface area contributed by atoms with Crippen LogP contribution in [0.15, 0.2) is 16.9 Å². The summed E-state index contributed by atoms with van der Waals surface area (Å²) in [5, 5.41) is 17.2. The Morgan fingerprint density at radius 1 is 1.33 bits per heavy atom. The Bertz CT molecular complexity index is 1060. The molecule has 0 fully saturated rings. The number of nitrogens with one attached hydrogen (secondary N) is 1. The molecule has 1 atom stereocenters. The van der Waals surface area contributed by atoms with E-state index in [0.717, 1.165) is 5.69 Å². The second-order valence-electron chi connectivity index (χ2n) is 6.74. The van der Waals surface area contributed by atoms with Gasteiger partial charge >= 0.3 is 0 Å².